The van der Waals surface area contributed by atoms with E-state index in [0.29, 0.717) is 6.42 Å². The van der Waals surface area contributed by atoms with Crippen molar-refractivity contribution in [2.45, 2.75) is 18.8 Å². The predicted octanol–water partition coefficient (Wildman–Crippen LogP) is -0.598. The Morgan fingerprint density at radius 1 is 1.59 bits per heavy atom. The molecule has 0 bridgehead atoms. The van der Waals surface area contributed by atoms with Crippen LogP contribution in [-0.4, -0.2) is 34.0 Å². The van der Waals surface area contributed by atoms with Crippen LogP contribution in [0.15, 0.2) is 21.9 Å². The number of aromatic nitrogens is 2. The van der Waals surface area contributed by atoms with Gasteiger partial charge in [0.1, 0.15) is 6.23 Å². The lowest BCUT2D eigenvalue weighted by atomic mass is 10.1. The zero-order chi connectivity index (χ0) is 12.4. The number of alkyl halides is 1. The van der Waals surface area contributed by atoms with Gasteiger partial charge < -0.3 is 9.84 Å². The van der Waals surface area contributed by atoms with Crippen LogP contribution in [0, 0.1) is 5.92 Å². The van der Waals surface area contributed by atoms with Crippen molar-refractivity contribution in [2.75, 3.05) is 13.3 Å². The third-order valence-corrected chi connectivity index (χ3v) is 2.83. The number of ether oxygens (including phenoxy) is 1. The molecule has 17 heavy (non-hydrogen) atoms. The van der Waals surface area contributed by atoms with E-state index in [9.17, 15) is 14.0 Å². The maximum absolute atomic E-state index is 12.8. The lowest BCUT2D eigenvalue weighted by Crippen LogP contribution is -2.34. The first kappa shape index (κ1) is 12.0. The fourth-order valence-electron chi connectivity index (χ4n) is 2.00. The highest BCUT2D eigenvalue weighted by molar-refractivity contribution is 4.88. The lowest BCUT2D eigenvalue weighted by molar-refractivity contribution is -0.0375. The molecule has 3 atom stereocenters. The van der Waals surface area contributed by atoms with E-state index in [4.69, 9.17) is 9.84 Å². The van der Waals surface area contributed by atoms with Gasteiger partial charge in [-0.25, -0.2) is 4.79 Å². The first-order valence-corrected chi connectivity index (χ1v) is 5.29. The van der Waals surface area contributed by atoms with Gasteiger partial charge in [0, 0.05) is 18.2 Å². The van der Waals surface area contributed by atoms with Crippen molar-refractivity contribution in [3.63, 3.8) is 0 Å². The molecule has 1 fully saturated rings. The Labute approximate surface area is 95.7 Å². The molecule has 1 aliphatic rings. The topological polar surface area (TPSA) is 84.3 Å². The van der Waals surface area contributed by atoms with Crippen molar-refractivity contribution in [2.24, 2.45) is 5.92 Å². The van der Waals surface area contributed by atoms with Gasteiger partial charge in [0.05, 0.1) is 19.4 Å². The average molecular weight is 244 g/mol. The number of hydrogen-bond donors (Lipinski definition) is 2. The molecule has 0 amide bonds. The van der Waals surface area contributed by atoms with E-state index >= 15 is 0 Å². The molecule has 2 rings (SSSR count). The molecule has 1 saturated heterocycles. The number of H-pyrrole nitrogens is 1. The van der Waals surface area contributed by atoms with Gasteiger partial charge >= 0.3 is 5.69 Å². The van der Waals surface area contributed by atoms with E-state index in [-0.39, 0.29) is 6.61 Å². The Morgan fingerprint density at radius 2 is 2.35 bits per heavy atom. The van der Waals surface area contributed by atoms with Crippen molar-refractivity contribution in [3.05, 3.63) is 33.1 Å². The summed E-state index contributed by atoms with van der Waals surface area (Å²) in [4.78, 5) is 24.5. The molecule has 94 valence electrons. The van der Waals surface area contributed by atoms with Gasteiger partial charge in [-0.05, 0) is 6.42 Å². The molecule has 2 heterocycles. The number of halogens is 1. The fourth-order valence-corrected chi connectivity index (χ4v) is 2.00. The van der Waals surface area contributed by atoms with Crippen molar-refractivity contribution in [3.8, 4) is 0 Å². The van der Waals surface area contributed by atoms with Crippen LogP contribution in [0.5, 0.6) is 0 Å². The normalized spacial score (nSPS) is 28.5. The molecule has 0 aliphatic carbocycles. The molecule has 1 aromatic heterocycles. The van der Waals surface area contributed by atoms with E-state index in [1.54, 1.807) is 0 Å². The molecule has 2 N–H and O–H groups in total. The van der Waals surface area contributed by atoms with E-state index in [1.807, 2.05) is 0 Å². The molecule has 6 nitrogen and oxygen atoms in total. The van der Waals surface area contributed by atoms with Crippen LogP contribution in [0.2, 0.25) is 0 Å². The van der Waals surface area contributed by atoms with Gasteiger partial charge in [0.2, 0.25) is 0 Å². The van der Waals surface area contributed by atoms with Gasteiger partial charge in [-0.3, -0.25) is 18.7 Å². The van der Waals surface area contributed by atoms with Crippen LogP contribution >= 0.6 is 0 Å². The van der Waals surface area contributed by atoms with E-state index in [1.165, 1.54) is 12.3 Å². The van der Waals surface area contributed by atoms with Crippen LogP contribution in [0.1, 0.15) is 12.6 Å². The highest BCUT2D eigenvalue weighted by Gasteiger charge is 2.36. The molecule has 0 aromatic carbocycles. The van der Waals surface area contributed by atoms with Crippen LogP contribution in [0.3, 0.4) is 0 Å². The smallest absolute Gasteiger partial charge is 0.330 e. The largest absolute Gasteiger partial charge is 0.394 e. The fraction of sp³-hybridized carbons (Fsp3) is 0.600. The van der Waals surface area contributed by atoms with Crippen molar-refractivity contribution >= 4 is 0 Å². The van der Waals surface area contributed by atoms with Crippen LogP contribution in [0.4, 0.5) is 4.39 Å². The standard InChI is InChI=1S/C10H13FN2O4/c11-4-6-3-7(5-14)17-9(6)13-2-1-8(15)12-10(13)16/h1-2,6-7,9,14H,3-5H2,(H,12,15,16)/t6-,7+,9-/m1/s1. The molecule has 0 unspecified atom stereocenters. The summed E-state index contributed by atoms with van der Waals surface area (Å²) < 4.78 is 19.3. The molecular weight excluding hydrogens is 231 g/mol. The highest BCUT2D eigenvalue weighted by atomic mass is 19.1. The quantitative estimate of drug-likeness (QED) is 0.743. The van der Waals surface area contributed by atoms with Gasteiger partial charge in [0.15, 0.2) is 0 Å². The number of nitrogens with one attached hydrogen (secondary N) is 1. The van der Waals surface area contributed by atoms with E-state index in [2.05, 4.69) is 4.98 Å². The minimum absolute atomic E-state index is 0.217. The van der Waals surface area contributed by atoms with Crippen molar-refractivity contribution in [1.29, 1.82) is 0 Å². The summed E-state index contributed by atoms with van der Waals surface area (Å²) in [5.74, 6) is -0.490. The molecule has 0 radical (unpaired) electrons. The maximum Gasteiger partial charge on any atom is 0.330 e. The number of aliphatic hydroxyl groups is 1. The second kappa shape index (κ2) is 4.80. The van der Waals surface area contributed by atoms with E-state index in [0.717, 1.165) is 4.57 Å². The summed E-state index contributed by atoms with van der Waals surface area (Å²) in [5.41, 5.74) is -1.15. The van der Waals surface area contributed by atoms with Gasteiger partial charge in [-0.2, -0.15) is 0 Å². The summed E-state index contributed by atoms with van der Waals surface area (Å²) in [5, 5.41) is 8.96. The first-order chi connectivity index (χ1) is 8.15. The number of hydrogen-bond acceptors (Lipinski definition) is 4. The van der Waals surface area contributed by atoms with Crippen molar-refractivity contribution in [1.82, 2.24) is 9.55 Å². The molecule has 7 heteroatoms. The number of rotatable bonds is 3. The second-order valence-corrected chi connectivity index (χ2v) is 4.00. The lowest BCUT2D eigenvalue weighted by Gasteiger charge is -2.18. The minimum atomic E-state index is -0.776. The monoisotopic (exact) mass is 244 g/mol. The summed E-state index contributed by atoms with van der Waals surface area (Å²) in [6, 6.07) is 1.17. The Balaban J connectivity index is 2.32. The SMILES string of the molecule is O=c1ccn([C@@H]2O[C@H](CO)C[C@@H]2CF)c(=O)[nH]1. The minimum Gasteiger partial charge on any atom is -0.394 e. The second-order valence-electron chi connectivity index (χ2n) is 4.00. The first-order valence-electron chi connectivity index (χ1n) is 5.29. The summed E-state index contributed by atoms with van der Waals surface area (Å²) in [6.45, 7) is -0.863. The summed E-state index contributed by atoms with van der Waals surface area (Å²) in [6.07, 6.45) is 0.373. The van der Waals surface area contributed by atoms with Crippen LogP contribution < -0.4 is 11.2 Å². The van der Waals surface area contributed by atoms with Gasteiger partial charge in [-0.1, -0.05) is 0 Å². The van der Waals surface area contributed by atoms with Gasteiger partial charge in [-0.15, -0.1) is 0 Å². The maximum atomic E-state index is 12.8. The van der Waals surface area contributed by atoms with Crippen molar-refractivity contribution < 1.29 is 14.2 Å². The third kappa shape index (κ3) is 2.29. The Bertz CT molecular complexity index is 498. The summed E-state index contributed by atoms with van der Waals surface area (Å²) >= 11 is 0. The highest BCUT2D eigenvalue weighted by Crippen LogP contribution is 2.33. The number of aliphatic hydroxyl groups excluding tert-OH is 1. The average Bonchev–Trinajstić information content (AvgIpc) is 2.72. The molecule has 0 spiro atoms. The Morgan fingerprint density at radius 3 is 2.94 bits per heavy atom. The zero-order valence-electron chi connectivity index (χ0n) is 9.01. The third-order valence-electron chi connectivity index (χ3n) is 2.83. The number of aromatic amines is 1. The molecule has 0 saturated carbocycles. The number of nitrogens with zero attached hydrogens (tertiary/aromatic N) is 1. The molecular formula is C10H13FN2O4. The Hall–Kier alpha value is -1.47. The van der Waals surface area contributed by atoms with Crippen LogP contribution in [0.25, 0.3) is 0 Å². The zero-order valence-corrected chi connectivity index (χ0v) is 9.01. The molecule has 1 aliphatic heterocycles. The van der Waals surface area contributed by atoms with Crippen LogP contribution in [-0.2, 0) is 4.74 Å². The summed E-state index contributed by atoms with van der Waals surface area (Å²) in [7, 11) is 0. The predicted molar refractivity (Wildman–Crippen MR) is 56.4 cm³/mol. The van der Waals surface area contributed by atoms with Gasteiger partial charge in [0.25, 0.3) is 5.56 Å². The Kier molecular flexibility index (Phi) is 3.39. The van der Waals surface area contributed by atoms with E-state index < -0.39 is 36.2 Å². The molecule has 1 aromatic rings.